The summed E-state index contributed by atoms with van der Waals surface area (Å²) < 4.78 is 26.0. The first-order chi connectivity index (χ1) is 6.47. The topological polar surface area (TPSA) is 33.1 Å². The Morgan fingerprint density at radius 2 is 2.14 bits per heavy atom. The minimum atomic E-state index is -3.25. The zero-order valence-electron chi connectivity index (χ0n) is 8.17. The summed E-state index contributed by atoms with van der Waals surface area (Å²) >= 11 is 0. The monoisotopic (exact) mass is 201 g/mol. The Morgan fingerprint density at radius 3 is 2.64 bits per heavy atom. The lowest BCUT2D eigenvalue weighted by Crippen LogP contribution is -2.20. The van der Waals surface area contributed by atoms with Gasteiger partial charge in [0.15, 0.2) is 0 Å². The number of aromatic nitrogens is 1. The fourth-order valence-corrected chi connectivity index (χ4v) is 1.09. The molecule has 0 saturated heterocycles. The minimum Gasteiger partial charge on any atom is -0.390 e. The first-order valence-electron chi connectivity index (χ1n) is 4.42. The lowest BCUT2D eigenvalue weighted by molar-refractivity contribution is -0.0593. The van der Waals surface area contributed by atoms with Crippen LogP contribution in [-0.2, 0) is 5.92 Å². The molecular weight excluding hydrogens is 188 g/mol. The van der Waals surface area contributed by atoms with Crippen LogP contribution in [0, 0.1) is 0 Å². The lowest BCUT2D eigenvalue weighted by atomic mass is 10.0. The fourth-order valence-electron chi connectivity index (χ4n) is 1.09. The highest BCUT2D eigenvalue weighted by Crippen LogP contribution is 2.27. The maximum Gasteiger partial charge on any atom is 0.312 e. The number of hydrogen-bond donors (Lipinski definition) is 1. The van der Waals surface area contributed by atoms with Crippen molar-refractivity contribution in [3.05, 3.63) is 29.6 Å². The third kappa shape index (κ3) is 2.26. The van der Waals surface area contributed by atoms with Gasteiger partial charge in [-0.05, 0) is 23.6 Å². The van der Waals surface area contributed by atoms with Gasteiger partial charge in [-0.3, -0.25) is 4.98 Å². The normalized spacial score (nSPS) is 12.1. The molecule has 0 amide bonds. The molecule has 14 heavy (non-hydrogen) atoms. The molecule has 1 rings (SSSR count). The number of alkyl halides is 2. The number of hydrogen-bond acceptors (Lipinski definition) is 2. The largest absolute Gasteiger partial charge is 0.390 e. The Kier molecular flexibility index (Phi) is 3.16. The Balaban J connectivity index is 3.05. The van der Waals surface area contributed by atoms with Crippen molar-refractivity contribution in [2.24, 2.45) is 0 Å². The zero-order chi connectivity index (χ0) is 10.8. The highest BCUT2D eigenvalue weighted by atomic mass is 19.3. The highest BCUT2D eigenvalue weighted by molar-refractivity contribution is 5.22. The van der Waals surface area contributed by atoms with E-state index in [1.165, 1.54) is 12.3 Å². The van der Waals surface area contributed by atoms with Gasteiger partial charge in [0.1, 0.15) is 12.3 Å². The van der Waals surface area contributed by atoms with Crippen molar-refractivity contribution >= 4 is 0 Å². The zero-order valence-corrected chi connectivity index (χ0v) is 8.17. The van der Waals surface area contributed by atoms with Crippen LogP contribution < -0.4 is 0 Å². The van der Waals surface area contributed by atoms with Crippen LogP contribution in [-0.4, -0.2) is 16.7 Å². The summed E-state index contributed by atoms with van der Waals surface area (Å²) in [5, 5.41) is 8.49. The van der Waals surface area contributed by atoms with Crippen LogP contribution in [0.4, 0.5) is 8.78 Å². The molecule has 0 fully saturated rings. The van der Waals surface area contributed by atoms with E-state index in [9.17, 15) is 8.78 Å². The summed E-state index contributed by atoms with van der Waals surface area (Å²) in [4.78, 5) is 3.55. The molecule has 0 aliphatic carbocycles. The molecule has 1 aromatic rings. The van der Waals surface area contributed by atoms with Gasteiger partial charge in [0, 0.05) is 6.20 Å². The maximum absolute atomic E-state index is 13.0. The Morgan fingerprint density at radius 1 is 1.50 bits per heavy atom. The Bertz CT molecular complexity index is 313. The molecule has 1 aromatic heterocycles. The summed E-state index contributed by atoms with van der Waals surface area (Å²) in [6.45, 7) is 2.62. The van der Waals surface area contributed by atoms with Crippen molar-refractivity contribution in [2.45, 2.75) is 25.7 Å². The summed E-state index contributed by atoms with van der Waals surface area (Å²) in [6, 6.07) is 3.03. The van der Waals surface area contributed by atoms with E-state index in [1.54, 1.807) is 6.07 Å². The second-order valence-corrected chi connectivity index (χ2v) is 3.49. The van der Waals surface area contributed by atoms with Gasteiger partial charge in [-0.1, -0.05) is 13.8 Å². The van der Waals surface area contributed by atoms with E-state index in [1.807, 2.05) is 13.8 Å². The molecule has 0 bridgehead atoms. The Labute approximate surface area is 81.6 Å². The van der Waals surface area contributed by atoms with E-state index >= 15 is 0 Å². The molecule has 78 valence electrons. The predicted octanol–water partition coefficient (Wildman–Crippen LogP) is 2.29. The van der Waals surface area contributed by atoms with Crippen LogP contribution in [0.2, 0.25) is 0 Å². The third-order valence-corrected chi connectivity index (χ3v) is 2.02. The number of aliphatic hydroxyl groups excluding tert-OH is 1. The molecule has 1 heterocycles. The number of rotatable bonds is 3. The lowest BCUT2D eigenvalue weighted by Gasteiger charge is -2.14. The molecular formula is C10H13F2NO. The second-order valence-electron chi connectivity index (χ2n) is 3.49. The van der Waals surface area contributed by atoms with Crippen molar-refractivity contribution in [2.75, 3.05) is 6.61 Å². The molecule has 1 N–H and O–H groups in total. The minimum absolute atomic E-state index is 0.172. The van der Waals surface area contributed by atoms with Crippen LogP contribution in [0.5, 0.6) is 0 Å². The van der Waals surface area contributed by atoms with Gasteiger partial charge >= 0.3 is 5.92 Å². The van der Waals surface area contributed by atoms with Crippen molar-refractivity contribution in [3.63, 3.8) is 0 Å². The quantitative estimate of drug-likeness (QED) is 0.813. The number of halogens is 2. The SMILES string of the molecule is CC(C)c1ccnc(C(F)(F)CO)c1. The summed E-state index contributed by atoms with van der Waals surface area (Å²) in [5.41, 5.74) is 0.425. The molecule has 2 nitrogen and oxygen atoms in total. The van der Waals surface area contributed by atoms with Crippen LogP contribution in [0.1, 0.15) is 31.0 Å². The molecule has 0 aromatic carbocycles. The van der Waals surface area contributed by atoms with Crippen LogP contribution >= 0.6 is 0 Å². The number of pyridine rings is 1. The standard InChI is InChI=1S/C10H13F2NO/c1-7(2)8-3-4-13-9(5-8)10(11,12)6-14/h3-5,7,14H,6H2,1-2H3. The van der Waals surface area contributed by atoms with Crippen molar-refractivity contribution in [3.8, 4) is 0 Å². The van der Waals surface area contributed by atoms with E-state index in [0.29, 0.717) is 0 Å². The molecule has 0 aliphatic rings. The van der Waals surface area contributed by atoms with E-state index in [2.05, 4.69) is 4.98 Å². The number of nitrogens with zero attached hydrogens (tertiary/aromatic N) is 1. The average molecular weight is 201 g/mol. The summed E-state index contributed by atoms with van der Waals surface area (Å²) in [6.07, 6.45) is 1.34. The van der Waals surface area contributed by atoms with E-state index in [4.69, 9.17) is 5.11 Å². The van der Waals surface area contributed by atoms with Gasteiger partial charge in [-0.15, -0.1) is 0 Å². The first-order valence-corrected chi connectivity index (χ1v) is 4.42. The van der Waals surface area contributed by atoms with Gasteiger partial charge in [-0.25, -0.2) is 0 Å². The molecule has 0 spiro atoms. The van der Waals surface area contributed by atoms with Gasteiger partial charge < -0.3 is 5.11 Å². The summed E-state index contributed by atoms with van der Waals surface area (Å²) in [7, 11) is 0. The van der Waals surface area contributed by atoms with Gasteiger partial charge in [0.05, 0.1) is 0 Å². The fraction of sp³-hybridized carbons (Fsp3) is 0.500. The molecule has 0 atom stereocenters. The van der Waals surface area contributed by atoms with E-state index < -0.39 is 12.5 Å². The second kappa shape index (κ2) is 4.00. The van der Waals surface area contributed by atoms with Crippen LogP contribution in [0.15, 0.2) is 18.3 Å². The molecule has 4 heteroatoms. The summed E-state index contributed by atoms with van der Waals surface area (Å²) in [5.74, 6) is -3.07. The molecule has 0 saturated carbocycles. The third-order valence-electron chi connectivity index (χ3n) is 2.02. The molecule has 0 aliphatic heterocycles. The van der Waals surface area contributed by atoms with E-state index in [-0.39, 0.29) is 11.6 Å². The van der Waals surface area contributed by atoms with Gasteiger partial charge in [-0.2, -0.15) is 8.78 Å². The van der Waals surface area contributed by atoms with Crippen LogP contribution in [0.3, 0.4) is 0 Å². The number of aliphatic hydroxyl groups is 1. The first kappa shape index (κ1) is 11.0. The smallest absolute Gasteiger partial charge is 0.312 e. The predicted molar refractivity (Wildman–Crippen MR) is 49.3 cm³/mol. The van der Waals surface area contributed by atoms with Crippen LogP contribution in [0.25, 0.3) is 0 Å². The van der Waals surface area contributed by atoms with Crippen molar-refractivity contribution in [1.82, 2.24) is 4.98 Å². The maximum atomic E-state index is 13.0. The molecule has 0 unspecified atom stereocenters. The molecule has 0 radical (unpaired) electrons. The average Bonchev–Trinajstić information content (AvgIpc) is 2.18. The van der Waals surface area contributed by atoms with E-state index in [0.717, 1.165) is 5.56 Å². The highest BCUT2D eigenvalue weighted by Gasteiger charge is 2.32. The van der Waals surface area contributed by atoms with Gasteiger partial charge in [0.2, 0.25) is 0 Å². The van der Waals surface area contributed by atoms with Crippen molar-refractivity contribution < 1.29 is 13.9 Å². The Hall–Kier alpha value is -1.03. The van der Waals surface area contributed by atoms with Gasteiger partial charge in [0.25, 0.3) is 0 Å². The van der Waals surface area contributed by atoms with Crippen molar-refractivity contribution in [1.29, 1.82) is 0 Å².